The lowest BCUT2D eigenvalue weighted by Gasteiger charge is -2.11. The molecule has 0 saturated heterocycles. The molecular formula is C16H15FN2O2S. The second-order valence-corrected chi connectivity index (χ2v) is 4.80. The summed E-state index contributed by atoms with van der Waals surface area (Å²) in [6.45, 7) is 2.07. The van der Waals surface area contributed by atoms with Crippen LogP contribution in [0.3, 0.4) is 0 Å². The summed E-state index contributed by atoms with van der Waals surface area (Å²) in [4.78, 5) is 11.7. The fourth-order valence-electron chi connectivity index (χ4n) is 1.77. The van der Waals surface area contributed by atoms with E-state index in [0.29, 0.717) is 28.7 Å². The Balaban J connectivity index is 2.00. The molecule has 0 fully saturated rings. The maximum absolute atomic E-state index is 12.8. The van der Waals surface area contributed by atoms with Gasteiger partial charge in [0.15, 0.2) is 5.11 Å². The van der Waals surface area contributed by atoms with E-state index in [4.69, 9.17) is 17.0 Å². The Morgan fingerprint density at radius 1 is 1.14 bits per heavy atom. The fourth-order valence-corrected chi connectivity index (χ4v) is 2.00. The largest absolute Gasteiger partial charge is 0.462 e. The highest BCUT2D eigenvalue weighted by Crippen LogP contribution is 2.13. The normalized spacial score (nSPS) is 9.91. The van der Waals surface area contributed by atoms with Crippen LogP contribution in [0.1, 0.15) is 17.3 Å². The van der Waals surface area contributed by atoms with Gasteiger partial charge in [-0.1, -0.05) is 6.07 Å². The van der Waals surface area contributed by atoms with E-state index >= 15 is 0 Å². The van der Waals surface area contributed by atoms with Crippen LogP contribution in [0.4, 0.5) is 15.8 Å². The van der Waals surface area contributed by atoms with Crippen LogP contribution >= 0.6 is 12.2 Å². The van der Waals surface area contributed by atoms with Gasteiger partial charge in [0, 0.05) is 11.4 Å². The summed E-state index contributed by atoms with van der Waals surface area (Å²) in [5.41, 5.74) is 1.77. The first-order valence-corrected chi connectivity index (χ1v) is 7.10. The molecular weight excluding hydrogens is 303 g/mol. The van der Waals surface area contributed by atoms with Crippen molar-refractivity contribution in [2.45, 2.75) is 6.92 Å². The summed E-state index contributed by atoms with van der Waals surface area (Å²) in [6.07, 6.45) is 0. The molecule has 0 amide bonds. The molecule has 2 rings (SSSR count). The van der Waals surface area contributed by atoms with Crippen molar-refractivity contribution in [3.63, 3.8) is 0 Å². The molecule has 114 valence electrons. The van der Waals surface area contributed by atoms with Crippen LogP contribution in [-0.2, 0) is 4.74 Å². The zero-order chi connectivity index (χ0) is 15.9. The first-order valence-electron chi connectivity index (χ1n) is 6.69. The van der Waals surface area contributed by atoms with Crippen LogP contribution in [0.2, 0.25) is 0 Å². The van der Waals surface area contributed by atoms with Gasteiger partial charge >= 0.3 is 5.97 Å². The van der Waals surface area contributed by atoms with E-state index in [2.05, 4.69) is 10.6 Å². The highest BCUT2D eigenvalue weighted by atomic mass is 32.1. The van der Waals surface area contributed by atoms with Crippen molar-refractivity contribution in [1.82, 2.24) is 0 Å². The van der Waals surface area contributed by atoms with Crippen LogP contribution in [-0.4, -0.2) is 17.7 Å². The summed E-state index contributed by atoms with van der Waals surface area (Å²) in [5, 5.41) is 6.23. The van der Waals surface area contributed by atoms with Crippen molar-refractivity contribution in [3.05, 3.63) is 59.9 Å². The van der Waals surface area contributed by atoms with Gasteiger partial charge in [-0.15, -0.1) is 0 Å². The number of esters is 1. The van der Waals surface area contributed by atoms with Crippen molar-refractivity contribution < 1.29 is 13.9 Å². The van der Waals surface area contributed by atoms with Crippen molar-refractivity contribution in [3.8, 4) is 0 Å². The number of nitrogens with one attached hydrogen (secondary N) is 2. The number of hydrogen-bond donors (Lipinski definition) is 2. The fraction of sp³-hybridized carbons (Fsp3) is 0.125. The monoisotopic (exact) mass is 318 g/mol. The number of halogens is 1. The molecule has 0 radical (unpaired) electrons. The molecule has 2 aromatic rings. The molecule has 2 aromatic carbocycles. The summed E-state index contributed by atoms with van der Waals surface area (Å²) < 4.78 is 17.8. The van der Waals surface area contributed by atoms with Crippen LogP contribution in [0.25, 0.3) is 0 Å². The molecule has 6 heteroatoms. The van der Waals surface area contributed by atoms with Crippen molar-refractivity contribution in [2.24, 2.45) is 0 Å². The Labute approximate surface area is 133 Å². The molecule has 0 heterocycles. The minimum Gasteiger partial charge on any atom is -0.462 e. The smallest absolute Gasteiger partial charge is 0.338 e. The number of benzene rings is 2. The minimum atomic E-state index is -0.386. The topological polar surface area (TPSA) is 50.4 Å². The SMILES string of the molecule is CCOC(=O)c1cccc(NC(=S)Nc2ccc(F)cc2)c1. The highest BCUT2D eigenvalue weighted by Gasteiger charge is 2.07. The van der Waals surface area contributed by atoms with Gasteiger partial charge in [-0.25, -0.2) is 9.18 Å². The van der Waals surface area contributed by atoms with E-state index < -0.39 is 0 Å². The molecule has 0 aliphatic heterocycles. The van der Waals surface area contributed by atoms with Crippen molar-refractivity contribution in [1.29, 1.82) is 0 Å². The molecule has 2 N–H and O–H groups in total. The Kier molecular flexibility index (Phi) is 5.43. The standard InChI is InChI=1S/C16H15FN2O2S/c1-2-21-15(20)11-4-3-5-14(10-11)19-16(22)18-13-8-6-12(17)7-9-13/h3-10H,2H2,1H3,(H2,18,19,22). The maximum atomic E-state index is 12.8. The van der Waals surface area contributed by atoms with E-state index in [1.165, 1.54) is 12.1 Å². The number of carbonyl (C=O) groups excluding carboxylic acids is 1. The Bertz CT molecular complexity index is 674. The number of carbonyl (C=O) groups is 1. The number of anilines is 2. The molecule has 0 aliphatic rings. The van der Waals surface area contributed by atoms with E-state index in [1.807, 2.05) is 0 Å². The zero-order valence-corrected chi connectivity index (χ0v) is 12.7. The number of ether oxygens (including phenoxy) is 1. The van der Waals surface area contributed by atoms with Gasteiger partial charge < -0.3 is 15.4 Å². The minimum absolute atomic E-state index is 0.313. The third-order valence-corrected chi connectivity index (χ3v) is 2.94. The third-order valence-electron chi connectivity index (χ3n) is 2.73. The Morgan fingerprint density at radius 2 is 1.82 bits per heavy atom. The van der Waals surface area contributed by atoms with Crippen LogP contribution < -0.4 is 10.6 Å². The predicted molar refractivity (Wildman–Crippen MR) is 88.6 cm³/mol. The van der Waals surface area contributed by atoms with Crippen LogP contribution in [0, 0.1) is 5.82 Å². The van der Waals surface area contributed by atoms with Gasteiger partial charge in [0.1, 0.15) is 5.82 Å². The van der Waals surface area contributed by atoms with Gasteiger partial charge in [0.25, 0.3) is 0 Å². The molecule has 0 bridgehead atoms. The van der Waals surface area contributed by atoms with Gasteiger partial charge in [0.05, 0.1) is 12.2 Å². The third kappa shape index (κ3) is 4.53. The average Bonchev–Trinajstić information content (AvgIpc) is 2.50. The van der Waals surface area contributed by atoms with Gasteiger partial charge in [-0.2, -0.15) is 0 Å². The second kappa shape index (κ2) is 7.51. The van der Waals surface area contributed by atoms with E-state index in [9.17, 15) is 9.18 Å². The molecule has 4 nitrogen and oxygen atoms in total. The Morgan fingerprint density at radius 3 is 2.50 bits per heavy atom. The lowest BCUT2D eigenvalue weighted by Crippen LogP contribution is -2.19. The van der Waals surface area contributed by atoms with Gasteiger partial charge in [-0.05, 0) is 61.6 Å². The molecule has 22 heavy (non-hydrogen) atoms. The Hall–Kier alpha value is -2.47. The summed E-state index contributed by atoms with van der Waals surface area (Å²) in [6, 6.07) is 12.7. The van der Waals surface area contributed by atoms with Crippen LogP contribution in [0.5, 0.6) is 0 Å². The first kappa shape index (κ1) is 15.9. The van der Waals surface area contributed by atoms with E-state index in [0.717, 1.165) is 0 Å². The lowest BCUT2D eigenvalue weighted by molar-refractivity contribution is 0.0526. The van der Waals surface area contributed by atoms with Crippen molar-refractivity contribution >= 4 is 34.7 Å². The second-order valence-electron chi connectivity index (χ2n) is 4.39. The van der Waals surface area contributed by atoms with Gasteiger partial charge in [0.2, 0.25) is 0 Å². The lowest BCUT2D eigenvalue weighted by atomic mass is 10.2. The first-order chi connectivity index (χ1) is 10.6. The molecule has 0 saturated carbocycles. The zero-order valence-electron chi connectivity index (χ0n) is 11.9. The van der Waals surface area contributed by atoms with E-state index in [1.54, 1.807) is 43.3 Å². The molecule has 0 unspecified atom stereocenters. The number of hydrogen-bond acceptors (Lipinski definition) is 3. The molecule has 0 spiro atoms. The van der Waals surface area contributed by atoms with Crippen molar-refractivity contribution in [2.75, 3.05) is 17.2 Å². The quantitative estimate of drug-likeness (QED) is 0.663. The predicted octanol–water partition coefficient (Wildman–Crippen LogP) is 3.81. The van der Waals surface area contributed by atoms with Gasteiger partial charge in [-0.3, -0.25) is 0 Å². The van der Waals surface area contributed by atoms with Crippen LogP contribution in [0.15, 0.2) is 48.5 Å². The number of rotatable bonds is 4. The molecule has 0 atom stereocenters. The number of thiocarbonyl (C=S) groups is 1. The highest BCUT2D eigenvalue weighted by molar-refractivity contribution is 7.80. The molecule has 0 aliphatic carbocycles. The summed E-state index contributed by atoms with van der Waals surface area (Å²) in [5.74, 6) is -0.699. The molecule has 0 aromatic heterocycles. The summed E-state index contributed by atoms with van der Waals surface area (Å²) >= 11 is 5.18. The van der Waals surface area contributed by atoms with E-state index in [-0.39, 0.29) is 11.8 Å². The average molecular weight is 318 g/mol. The summed E-state index contributed by atoms with van der Waals surface area (Å²) in [7, 11) is 0. The maximum Gasteiger partial charge on any atom is 0.338 e.